The molecule has 1 heterocycles. The van der Waals surface area contributed by atoms with Crippen LogP contribution in [-0.4, -0.2) is 36.9 Å². The Morgan fingerprint density at radius 1 is 1.48 bits per heavy atom. The molecule has 1 amide bonds. The summed E-state index contributed by atoms with van der Waals surface area (Å²) in [6, 6.07) is 4.49. The number of nitrogens with two attached hydrogens (primary N) is 1. The first-order chi connectivity index (χ1) is 9.82. The van der Waals surface area contributed by atoms with Gasteiger partial charge in [0.1, 0.15) is 0 Å². The summed E-state index contributed by atoms with van der Waals surface area (Å²) in [6.45, 7) is 0. The van der Waals surface area contributed by atoms with Crippen LogP contribution in [-0.2, 0) is 14.6 Å². The molecule has 1 fully saturated rings. The van der Waals surface area contributed by atoms with E-state index in [4.69, 9.17) is 22.5 Å². The van der Waals surface area contributed by atoms with Gasteiger partial charge in [0.05, 0.1) is 23.1 Å². The predicted molar refractivity (Wildman–Crippen MR) is 79.4 cm³/mol. The van der Waals surface area contributed by atoms with Gasteiger partial charge >= 0.3 is 0 Å². The second-order valence-corrected chi connectivity index (χ2v) is 7.43. The standard InChI is InChI=1S/C12H14ClN3O4S/c13-8-1-2-9(11(14)16-18)10(5-8)15-12(17)7-3-4-21(19,20)6-7/h1-2,5,7,18H,3-4,6H2,(H2,14,16)(H,15,17). The molecule has 1 saturated heterocycles. The third-order valence-electron chi connectivity index (χ3n) is 3.23. The van der Waals surface area contributed by atoms with Crippen LogP contribution in [0.4, 0.5) is 5.69 Å². The minimum Gasteiger partial charge on any atom is -0.409 e. The maximum Gasteiger partial charge on any atom is 0.228 e. The lowest BCUT2D eigenvalue weighted by Crippen LogP contribution is -2.25. The van der Waals surface area contributed by atoms with E-state index in [0.717, 1.165) is 0 Å². The molecule has 1 aromatic carbocycles. The monoisotopic (exact) mass is 331 g/mol. The second-order valence-electron chi connectivity index (χ2n) is 4.76. The molecule has 7 nitrogen and oxygen atoms in total. The Labute approximate surface area is 126 Å². The predicted octanol–water partition coefficient (Wildman–Crippen LogP) is 0.808. The van der Waals surface area contributed by atoms with E-state index in [0.29, 0.717) is 10.6 Å². The van der Waals surface area contributed by atoms with Crippen molar-refractivity contribution in [3.63, 3.8) is 0 Å². The molecule has 9 heteroatoms. The maximum atomic E-state index is 12.1. The van der Waals surface area contributed by atoms with Gasteiger partial charge in [-0.1, -0.05) is 16.8 Å². The van der Waals surface area contributed by atoms with Gasteiger partial charge < -0.3 is 16.3 Å². The van der Waals surface area contributed by atoms with Crippen LogP contribution in [0.2, 0.25) is 5.02 Å². The maximum absolute atomic E-state index is 12.1. The number of nitrogens with zero attached hydrogens (tertiary/aromatic N) is 1. The van der Waals surface area contributed by atoms with Crippen molar-refractivity contribution in [2.75, 3.05) is 16.8 Å². The van der Waals surface area contributed by atoms with Crippen LogP contribution < -0.4 is 11.1 Å². The molecule has 0 radical (unpaired) electrons. The van der Waals surface area contributed by atoms with Gasteiger partial charge in [0, 0.05) is 10.6 Å². The van der Waals surface area contributed by atoms with Crippen LogP contribution in [0.15, 0.2) is 23.4 Å². The highest BCUT2D eigenvalue weighted by atomic mass is 35.5. The molecule has 1 aliphatic heterocycles. The van der Waals surface area contributed by atoms with Gasteiger partial charge in [-0.25, -0.2) is 8.42 Å². The van der Waals surface area contributed by atoms with Crippen molar-refractivity contribution in [1.29, 1.82) is 0 Å². The van der Waals surface area contributed by atoms with E-state index in [1.807, 2.05) is 0 Å². The number of amidine groups is 1. The van der Waals surface area contributed by atoms with Crippen molar-refractivity contribution < 1.29 is 18.4 Å². The van der Waals surface area contributed by atoms with E-state index in [9.17, 15) is 13.2 Å². The lowest BCUT2D eigenvalue weighted by atomic mass is 10.1. The Morgan fingerprint density at radius 3 is 2.76 bits per heavy atom. The third-order valence-corrected chi connectivity index (χ3v) is 5.23. The largest absolute Gasteiger partial charge is 0.409 e. The zero-order chi connectivity index (χ0) is 15.6. The molecule has 21 heavy (non-hydrogen) atoms. The number of nitrogens with one attached hydrogen (secondary N) is 1. The van der Waals surface area contributed by atoms with E-state index in [1.165, 1.54) is 18.2 Å². The van der Waals surface area contributed by atoms with Crippen LogP contribution >= 0.6 is 11.6 Å². The van der Waals surface area contributed by atoms with E-state index >= 15 is 0 Å². The first-order valence-corrected chi connectivity index (χ1v) is 8.31. The minimum atomic E-state index is -3.15. The van der Waals surface area contributed by atoms with Gasteiger partial charge in [-0.05, 0) is 24.6 Å². The number of halogens is 1. The summed E-state index contributed by atoms with van der Waals surface area (Å²) in [4.78, 5) is 12.1. The highest BCUT2D eigenvalue weighted by molar-refractivity contribution is 7.91. The average molecular weight is 332 g/mol. The van der Waals surface area contributed by atoms with Gasteiger partial charge in [-0.15, -0.1) is 0 Å². The topological polar surface area (TPSA) is 122 Å². The smallest absolute Gasteiger partial charge is 0.228 e. The zero-order valence-corrected chi connectivity index (χ0v) is 12.5. The first kappa shape index (κ1) is 15.6. The number of benzene rings is 1. The highest BCUT2D eigenvalue weighted by Gasteiger charge is 2.33. The van der Waals surface area contributed by atoms with Gasteiger partial charge in [0.2, 0.25) is 5.91 Å². The summed E-state index contributed by atoms with van der Waals surface area (Å²) in [7, 11) is -3.15. The molecule has 0 bridgehead atoms. The third kappa shape index (κ3) is 3.64. The van der Waals surface area contributed by atoms with Crippen LogP contribution in [0.3, 0.4) is 0 Å². The Balaban J connectivity index is 2.23. The van der Waals surface area contributed by atoms with Gasteiger partial charge in [0.25, 0.3) is 0 Å². The molecule has 4 N–H and O–H groups in total. The Hall–Kier alpha value is -1.80. The molecule has 0 spiro atoms. The molecule has 1 aromatic rings. The summed E-state index contributed by atoms with van der Waals surface area (Å²) >= 11 is 5.86. The molecule has 1 aliphatic rings. The van der Waals surface area contributed by atoms with Gasteiger partial charge in [-0.3, -0.25) is 4.79 Å². The quantitative estimate of drug-likeness (QED) is 0.327. The lowest BCUT2D eigenvalue weighted by molar-refractivity contribution is -0.119. The SMILES string of the molecule is NC(=NO)c1ccc(Cl)cc1NC(=O)C1CCS(=O)(=O)C1. The van der Waals surface area contributed by atoms with Crippen LogP contribution in [0, 0.1) is 5.92 Å². The molecule has 2 rings (SSSR count). The fraction of sp³-hybridized carbons (Fsp3) is 0.333. The van der Waals surface area contributed by atoms with Gasteiger partial charge in [0.15, 0.2) is 15.7 Å². The number of rotatable bonds is 3. The van der Waals surface area contributed by atoms with Crippen LogP contribution in [0.5, 0.6) is 0 Å². The number of anilines is 1. The molecule has 0 saturated carbocycles. The van der Waals surface area contributed by atoms with Crippen molar-refractivity contribution in [2.45, 2.75) is 6.42 Å². The zero-order valence-electron chi connectivity index (χ0n) is 10.9. The van der Waals surface area contributed by atoms with E-state index in [2.05, 4.69) is 10.5 Å². The van der Waals surface area contributed by atoms with E-state index in [1.54, 1.807) is 0 Å². The van der Waals surface area contributed by atoms with Crippen molar-refractivity contribution in [1.82, 2.24) is 0 Å². The van der Waals surface area contributed by atoms with Crippen LogP contribution in [0.1, 0.15) is 12.0 Å². The van der Waals surface area contributed by atoms with E-state index < -0.39 is 21.7 Å². The van der Waals surface area contributed by atoms with Crippen molar-refractivity contribution in [3.05, 3.63) is 28.8 Å². The molecular formula is C12H14ClN3O4S. The van der Waals surface area contributed by atoms with Crippen molar-refractivity contribution in [2.24, 2.45) is 16.8 Å². The number of hydrogen-bond acceptors (Lipinski definition) is 5. The fourth-order valence-electron chi connectivity index (χ4n) is 2.13. The van der Waals surface area contributed by atoms with Gasteiger partial charge in [-0.2, -0.15) is 0 Å². The average Bonchev–Trinajstić information content (AvgIpc) is 2.78. The molecule has 0 aromatic heterocycles. The number of oxime groups is 1. The molecule has 114 valence electrons. The highest BCUT2D eigenvalue weighted by Crippen LogP contribution is 2.24. The Kier molecular flexibility index (Phi) is 4.38. The van der Waals surface area contributed by atoms with Crippen molar-refractivity contribution >= 4 is 38.9 Å². The Bertz CT molecular complexity index is 702. The van der Waals surface area contributed by atoms with Crippen molar-refractivity contribution in [3.8, 4) is 0 Å². The number of sulfone groups is 1. The second kappa shape index (κ2) is 5.90. The Morgan fingerprint density at radius 2 is 2.19 bits per heavy atom. The summed E-state index contributed by atoms with van der Waals surface area (Å²) < 4.78 is 22.8. The molecule has 0 aliphatic carbocycles. The number of amides is 1. The number of hydrogen-bond donors (Lipinski definition) is 3. The van der Waals surface area contributed by atoms with E-state index in [-0.39, 0.29) is 29.4 Å². The number of carbonyl (C=O) groups excluding carboxylic acids is 1. The molecular weight excluding hydrogens is 318 g/mol. The molecule has 1 unspecified atom stereocenters. The van der Waals surface area contributed by atoms with Crippen LogP contribution in [0.25, 0.3) is 0 Å². The summed E-state index contributed by atoms with van der Waals surface area (Å²) in [5.41, 5.74) is 6.10. The summed E-state index contributed by atoms with van der Waals surface area (Å²) in [6.07, 6.45) is 0.285. The summed E-state index contributed by atoms with van der Waals surface area (Å²) in [5, 5.41) is 14.6. The minimum absolute atomic E-state index is 0.00767. The summed E-state index contributed by atoms with van der Waals surface area (Å²) in [5.74, 6) is -1.37. The normalized spacial score (nSPS) is 21.2. The molecule has 1 atom stereocenters. The lowest BCUT2D eigenvalue weighted by Gasteiger charge is -2.13. The fourth-order valence-corrected chi connectivity index (χ4v) is 4.05. The number of carbonyl (C=O) groups is 1. The first-order valence-electron chi connectivity index (χ1n) is 6.11.